The highest BCUT2D eigenvalue weighted by Crippen LogP contribution is 2.40. The summed E-state index contributed by atoms with van der Waals surface area (Å²) in [4.78, 5) is 18.3. The molecule has 1 unspecified atom stereocenters. The highest BCUT2D eigenvalue weighted by molar-refractivity contribution is 6.15. The molecule has 41 heavy (non-hydrogen) atoms. The van der Waals surface area contributed by atoms with Crippen molar-refractivity contribution >= 4 is 19.6 Å². The third-order valence-electron chi connectivity index (χ3n) is 7.02. The quantitative estimate of drug-likeness (QED) is 0.208. The standard InChI is InChI=1S/C28H32BFN8O3/c1-6-38-25-16(13-34-38)9-21-24(36-37(5)35-21)19-8-7-18(30)11-20(19)28(4,29)41-22-10-17(25)12-32-26(22)33-14-40-27(39)23(31)15(2)3/h7-8,10-13,15,23H,6,9,14,31H2,1-5H3,(H,32,33)/t23?,28-/m1/s1. The van der Waals surface area contributed by atoms with Crippen LogP contribution in [0.1, 0.15) is 44.5 Å². The van der Waals surface area contributed by atoms with Crippen molar-refractivity contribution in [1.29, 1.82) is 0 Å². The molecule has 3 aromatic heterocycles. The van der Waals surface area contributed by atoms with E-state index in [0.717, 1.165) is 16.8 Å². The molecule has 0 saturated heterocycles. The van der Waals surface area contributed by atoms with Crippen LogP contribution in [0.4, 0.5) is 10.2 Å². The second-order valence-corrected chi connectivity index (χ2v) is 10.5. The van der Waals surface area contributed by atoms with E-state index in [1.54, 1.807) is 38.5 Å². The topological polar surface area (TPSA) is 135 Å². The van der Waals surface area contributed by atoms with Crippen molar-refractivity contribution in [3.8, 4) is 28.3 Å². The van der Waals surface area contributed by atoms with Gasteiger partial charge in [0.2, 0.25) is 0 Å². The number of halogens is 1. The smallest absolute Gasteiger partial charge is 0.324 e. The number of hydrogen-bond donors (Lipinski definition) is 2. The molecule has 2 bridgehead atoms. The zero-order valence-electron chi connectivity index (χ0n) is 23.7. The molecule has 212 valence electrons. The molecule has 2 radical (unpaired) electrons. The molecule has 11 nitrogen and oxygen atoms in total. The lowest BCUT2D eigenvalue weighted by Gasteiger charge is -2.31. The number of fused-ring (bicyclic) bond motifs is 7. The summed E-state index contributed by atoms with van der Waals surface area (Å²) in [6, 6.07) is 5.34. The largest absolute Gasteiger partial charge is 0.489 e. The Hall–Kier alpha value is -4.26. The number of aryl methyl sites for hydroxylation is 2. The summed E-state index contributed by atoms with van der Waals surface area (Å²) in [6.45, 7) is 7.71. The van der Waals surface area contributed by atoms with Gasteiger partial charge in [-0.25, -0.2) is 9.37 Å². The molecule has 4 heterocycles. The Labute approximate surface area is 238 Å². The van der Waals surface area contributed by atoms with Crippen LogP contribution < -0.4 is 15.8 Å². The Balaban J connectivity index is 1.64. The predicted molar refractivity (Wildman–Crippen MR) is 151 cm³/mol. The van der Waals surface area contributed by atoms with Crippen molar-refractivity contribution in [1.82, 2.24) is 29.8 Å². The van der Waals surface area contributed by atoms with Gasteiger partial charge in [0.05, 0.1) is 23.1 Å². The number of nitrogens with zero attached hydrogens (tertiary/aromatic N) is 6. The SMILES string of the molecule is [B][C@]1(C)Oc2cc(cnc2NCOC(=O)C(N)C(C)C)-c2c(cnn2CC)Cc2nn(C)nc2-c2ccc(F)cc21. The first kappa shape index (κ1) is 28.3. The molecule has 0 aliphatic carbocycles. The average Bonchev–Trinajstić information content (AvgIpc) is 3.50. The second-order valence-electron chi connectivity index (χ2n) is 10.5. The van der Waals surface area contributed by atoms with Gasteiger partial charge < -0.3 is 20.5 Å². The van der Waals surface area contributed by atoms with Gasteiger partial charge in [0.25, 0.3) is 0 Å². The number of hydrogen-bond acceptors (Lipinski definition) is 9. The first-order valence-electron chi connectivity index (χ1n) is 13.4. The summed E-state index contributed by atoms with van der Waals surface area (Å²) in [5.74, 6) is -0.565. The summed E-state index contributed by atoms with van der Waals surface area (Å²) < 4.78 is 28.2. The lowest BCUT2D eigenvalue weighted by atomic mass is 9.74. The fourth-order valence-electron chi connectivity index (χ4n) is 4.83. The minimum absolute atomic E-state index is 0.0804. The van der Waals surface area contributed by atoms with Crippen molar-refractivity contribution < 1.29 is 18.7 Å². The highest BCUT2D eigenvalue weighted by Gasteiger charge is 2.31. The van der Waals surface area contributed by atoms with Gasteiger partial charge >= 0.3 is 5.97 Å². The average molecular weight is 558 g/mol. The molecule has 1 aliphatic rings. The van der Waals surface area contributed by atoms with E-state index in [4.69, 9.17) is 23.1 Å². The molecule has 0 spiro atoms. The molecule has 4 aromatic rings. The molecule has 1 aliphatic heterocycles. The van der Waals surface area contributed by atoms with Crippen molar-refractivity contribution in [2.75, 3.05) is 12.0 Å². The van der Waals surface area contributed by atoms with Crippen LogP contribution in [0.3, 0.4) is 0 Å². The Morgan fingerprint density at radius 2 is 2.07 bits per heavy atom. The number of esters is 1. The van der Waals surface area contributed by atoms with Gasteiger partial charge in [-0.2, -0.15) is 20.1 Å². The number of nitrogens with one attached hydrogen (secondary N) is 1. The molecule has 3 N–H and O–H groups in total. The van der Waals surface area contributed by atoms with E-state index < -0.39 is 23.3 Å². The molecule has 0 amide bonds. The molecule has 0 saturated carbocycles. The molecule has 5 rings (SSSR count). The Morgan fingerprint density at radius 1 is 1.29 bits per heavy atom. The summed E-state index contributed by atoms with van der Waals surface area (Å²) >= 11 is 0. The van der Waals surface area contributed by atoms with E-state index in [1.807, 2.05) is 25.5 Å². The van der Waals surface area contributed by atoms with Gasteiger partial charge in [-0.15, -0.1) is 0 Å². The number of pyridine rings is 1. The van der Waals surface area contributed by atoms with Crippen LogP contribution in [0.15, 0.2) is 36.7 Å². The van der Waals surface area contributed by atoms with Crippen LogP contribution in [0.5, 0.6) is 5.75 Å². The first-order chi connectivity index (χ1) is 19.5. The molecular formula is C28H32BFN8O3. The molecule has 2 atom stereocenters. The predicted octanol–water partition coefficient (Wildman–Crippen LogP) is 3.12. The minimum atomic E-state index is -1.54. The molecule has 13 heteroatoms. The lowest BCUT2D eigenvalue weighted by molar-refractivity contribution is -0.145. The number of anilines is 1. The number of nitrogens with two attached hydrogens (primary N) is 1. The maximum Gasteiger partial charge on any atom is 0.324 e. The molecule has 1 aromatic carbocycles. The summed E-state index contributed by atoms with van der Waals surface area (Å²) in [6.07, 6.45) is 3.89. The van der Waals surface area contributed by atoms with E-state index in [9.17, 15) is 9.18 Å². The Kier molecular flexibility index (Phi) is 7.56. The van der Waals surface area contributed by atoms with Crippen LogP contribution in [0.25, 0.3) is 22.5 Å². The highest BCUT2D eigenvalue weighted by atomic mass is 19.1. The summed E-state index contributed by atoms with van der Waals surface area (Å²) in [7, 11) is 8.50. The second kappa shape index (κ2) is 11.0. The van der Waals surface area contributed by atoms with E-state index >= 15 is 0 Å². The van der Waals surface area contributed by atoms with Crippen LogP contribution in [0, 0.1) is 11.7 Å². The van der Waals surface area contributed by atoms with Crippen molar-refractivity contribution in [2.24, 2.45) is 18.7 Å². The molecular weight excluding hydrogens is 526 g/mol. The van der Waals surface area contributed by atoms with Gasteiger partial charge in [0.1, 0.15) is 25.4 Å². The first-order valence-corrected chi connectivity index (χ1v) is 13.4. The van der Waals surface area contributed by atoms with Crippen LogP contribution in [-0.4, -0.2) is 56.3 Å². The monoisotopic (exact) mass is 558 g/mol. The van der Waals surface area contributed by atoms with E-state index in [0.29, 0.717) is 35.5 Å². The van der Waals surface area contributed by atoms with Crippen molar-refractivity contribution in [3.05, 3.63) is 59.3 Å². The lowest BCUT2D eigenvalue weighted by Crippen LogP contribution is -2.37. The third-order valence-corrected chi connectivity index (χ3v) is 7.02. The van der Waals surface area contributed by atoms with E-state index in [-0.39, 0.29) is 24.2 Å². The Morgan fingerprint density at radius 3 is 2.80 bits per heavy atom. The number of aromatic nitrogens is 6. The van der Waals surface area contributed by atoms with Crippen molar-refractivity contribution in [3.63, 3.8) is 0 Å². The molecule has 0 fully saturated rings. The van der Waals surface area contributed by atoms with Gasteiger partial charge in [-0.05, 0) is 49.6 Å². The van der Waals surface area contributed by atoms with Gasteiger partial charge in [-0.1, -0.05) is 13.8 Å². The minimum Gasteiger partial charge on any atom is -0.489 e. The fraction of sp³-hybridized carbons (Fsp3) is 0.393. The fourth-order valence-corrected chi connectivity index (χ4v) is 4.83. The summed E-state index contributed by atoms with van der Waals surface area (Å²) in [5, 5.41) is 16.8. The van der Waals surface area contributed by atoms with Crippen molar-refractivity contribution in [2.45, 2.75) is 52.2 Å². The number of ether oxygens (including phenoxy) is 2. The van der Waals surface area contributed by atoms with Crippen LogP contribution >= 0.6 is 0 Å². The number of carbonyl (C=O) groups is 1. The van der Waals surface area contributed by atoms with Gasteiger partial charge in [0.15, 0.2) is 18.3 Å². The maximum absolute atomic E-state index is 14.6. The number of carbonyl (C=O) groups excluding carboxylic acids is 1. The van der Waals surface area contributed by atoms with Gasteiger partial charge in [-0.3, -0.25) is 9.48 Å². The number of rotatable bonds is 6. The summed E-state index contributed by atoms with van der Waals surface area (Å²) in [5.41, 5.74) is 9.02. The maximum atomic E-state index is 14.6. The third kappa shape index (κ3) is 5.54. The number of benzene rings is 1. The van der Waals surface area contributed by atoms with Crippen LogP contribution in [-0.2, 0) is 35.0 Å². The zero-order valence-corrected chi connectivity index (χ0v) is 23.7. The van der Waals surface area contributed by atoms with Gasteiger partial charge in [0, 0.05) is 42.9 Å². The van der Waals surface area contributed by atoms with E-state index in [1.165, 1.54) is 16.9 Å². The normalized spacial score (nSPS) is 16.9. The Bertz CT molecular complexity index is 1600. The van der Waals surface area contributed by atoms with Crippen LogP contribution in [0.2, 0.25) is 0 Å². The zero-order chi connectivity index (χ0) is 29.5. The van der Waals surface area contributed by atoms with E-state index in [2.05, 4.69) is 25.6 Å².